The van der Waals surface area contributed by atoms with Gasteiger partial charge in [-0.3, -0.25) is 14.9 Å². The average Bonchev–Trinajstić information content (AvgIpc) is 2.08. The van der Waals surface area contributed by atoms with Crippen molar-refractivity contribution in [2.24, 2.45) is 0 Å². The van der Waals surface area contributed by atoms with Gasteiger partial charge in [0.05, 0.1) is 4.92 Å². The number of hydrogen-bond acceptors (Lipinski definition) is 3. The van der Waals surface area contributed by atoms with Crippen molar-refractivity contribution in [3.8, 4) is 0 Å². The van der Waals surface area contributed by atoms with Crippen LogP contribution >= 0.6 is 11.6 Å². The van der Waals surface area contributed by atoms with Crippen LogP contribution in [0.25, 0.3) is 0 Å². The molecule has 76 valence electrons. The van der Waals surface area contributed by atoms with E-state index in [9.17, 15) is 23.7 Å². The minimum Gasteiger partial charge on any atom is -0.314 e. The number of nitrogens with zero attached hydrogens (tertiary/aromatic N) is 1. The predicted octanol–water partition coefficient (Wildman–Crippen LogP) is 1.87. The first-order valence-electron chi connectivity index (χ1n) is 3.28. The lowest BCUT2D eigenvalue weighted by Gasteiger charge is -2.00. The normalized spacial score (nSPS) is 10.6. The minimum absolute atomic E-state index is 0.499. The summed E-state index contributed by atoms with van der Waals surface area (Å²) in [7, 11) is 0. The Morgan fingerprint density at radius 3 is 2.57 bits per heavy atom. The Kier molecular flexibility index (Phi) is 2.80. The fraction of sp³-hybridized carbons (Fsp3) is 0.167. The number of pyridine rings is 1. The van der Waals surface area contributed by atoms with Crippen molar-refractivity contribution in [1.29, 1.82) is 0 Å². The molecule has 5 nitrogen and oxygen atoms in total. The molecule has 0 amide bonds. The second-order valence-electron chi connectivity index (χ2n) is 2.30. The van der Waals surface area contributed by atoms with Crippen molar-refractivity contribution in [2.75, 3.05) is 0 Å². The van der Waals surface area contributed by atoms with E-state index < -0.39 is 33.3 Å². The number of H-pyrrole nitrogens is 1. The molecule has 0 bridgehead atoms. The highest BCUT2D eigenvalue weighted by Crippen LogP contribution is 2.26. The first-order valence-corrected chi connectivity index (χ1v) is 3.66. The van der Waals surface area contributed by atoms with Crippen LogP contribution in [0.5, 0.6) is 0 Å². The van der Waals surface area contributed by atoms with Gasteiger partial charge in [0.15, 0.2) is 5.69 Å². The third kappa shape index (κ3) is 1.87. The largest absolute Gasteiger partial charge is 0.314 e. The van der Waals surface area contributed by atoms with E-state index >= 15 is 0 Å². The van der Waals surface area contributed by atoms with E-state index in [4.69, 9.17) is 11.6 Å². The SMILES string of the molecule is O=c1[nH]c(C(F)F)c([N+](=O)[O-])cc1Cl. The lowest BCUT2D eigenvalue weighted by Crippen LogP contribution is -2.12. The Bertz CT molecular complexity index is 432. The number of aromatic amines is 1. The van der Waals surface area contributed by atoms with Gasteiger partial charge >= 0.3 is 0 Å². The number of nitro groups is 1. The molecule has 0 aliphatic heterocycles. The van der Waals surface area contributed by atoms with E-state index in [0.717, 1.165) is 0 Å². The van der Waals surface area contributed by atoms with Crippen molar-refractivity contribution in [3.05, 3.63) is 37.3 Å². The van der Waals surface area contributed by atoms with Gasteiger partial charge in [-0.05, 0) is 0 Å². The quantitative estimate of drug-likeness (QED) is 0.615. The van der Waals surface area contributed by atoms with Gasteiger partial charge in [0.2, 0.25) is 0 Å². The van der Waals surface area contributed by atoms with Gasteiger partial charge in [-0.2, -0.15) is 0 Å². The molecule has 0 spiro atoms. The van der Waals surface area contributed by atoms with E-state index in [1.165, 1.54) is 0 Å². The Morgan fingerprint density at radius 1 is 1.57 bits per heavy atom. The number of alkyl halides is 2. The molecule has 0 saturated heterocycles. The van der Waals surface area contributed by atoms with Crippen LogP contribution in [0.15, 0.2) is 10.9 Å². The Labute approximate surface area is 80.5 Å². The predicted molar refractivity (Wildman–Crippen MR) is 43.7 cm³/mol. The molecule has 1 N–H and O–H groups in total. The molecule has 1 aromatic rings. The van der Waals surface area contributed by atoms with Crippen LogP contribution in [0.2, 0.25) is 5.02 Å². The summed E-state index contributed by atoms with van der Waals surface area (Å²) in [5.41, 5.74) is -2.92. The van der Waals surface area contributed by atoms with Crippen molar-refractivity contribution in [3.63, 3.8) is 0 Å². The topological polar surface area (TPSA) is 76.0 Å². The first-order chi connectivity index (χ1) is 6.43. The zero-order valence-electron chi connectivity index (χ0n) is 6.46. The molecular formula is C6H3ClF2N2O3. The maximum atomic E-state index is 12.2. The molecule has 0 aliphatic carbocycles. The van der Waals surface area contributed by atoms with Gasteiger partial charge in [-0.25, -0.2) is 8.78 Å². The van der Waals surface area contributed by atoms with Crippen LogP contribution in [-0.4, -0.2) is 9.91 Å². The molecule has 14 heavy (non-hydrogen) atoms. The van der Waals surface area contributed by atoms with Gasteiger partial charge in [-0.15, -0.1) is 0 Å². The zero-order chi connectivity index (χ0) is 10.9. The van der Waals surface area contributed by atoms with Crippen molar-refractivity contribution < 1.29 is 13.7 Å². The number of aromatic nitrogens is 1. The maximum absolute atomic E-state index is 12.2. The van der Waals surface area contributed by atoms with Crippen LogP contribution in [-0.2, 0) is 0 Å². The van der Waals surface area contributed by atoms with Crippen LogP contribution in [0.1, 0.15) is 12.1 Å². The standard InChI is InChI=1S/C6H3ClF2N2O3/c7-2-1-3(11(13)14)4(5(8)9)10-6(2)12/h1,5H,(H,10,12). The lowest BCUT2D eigenvalue weighted by molar-refractivity contribution is -0.386. The van der Waals surface area contributed by atoms with Gasteiger partial charge in [-0.1, -0.05) is 11.6 Å². The zero-order valence-corrected chi connectivity index (χ0v) is 7.22. The molecule has 0 saturated carbocycles. The average molecular weight is 225 g/mol. The van der Waals surface area contributed by atoms with E-state index in [-0.39, 0.29) is 0 Å². The monoisotopic (exact) mass is 224 g/mol. The molecule has 0 atom stereocenters. The number of rotatable bonds is 2. The minimum atomic E-state index is -3.12. The van der Waals surface area contributed by atoms with Gasteiger partial charge < -0.3 is 4.98 Å². The summed E-state index contributed by atoms with van der Waals surface area (Å²) in [6, 6.07) is 0.599. The highest BCUT2D eigenvalue weighted by atomic mass is 35.5. The third-order valence-corrected chi connectivity index (χ3v) is 1.70. The summed E-state index contributed by atoms with van der Waals surface area (Å²) < 4.78 is 24.4. The molecule has 0 unspecified atom stereocenters. The molecule has 0 aliphatic rings. The van der Waals surface area contributed by atoms with E-state index in [1.54, 1.807) is 4.98 Å². The van der Waals surface area contributed by atoms with Crippen LogP contribution in [0, 0.1) is 10.1 Å². The highest BCUT2D eigenvalue weighted by Gasteiger charge is 2.23. The van der Waals surface area contributed by atoms with Crippen molar-refractivity contribution in [1.82, 2.24) is 4.98 Å². The summed E-state index contributed by atoms with van der Waals surface area (Å²) in [6.07, 6.45) is -3.12. The Hall–Kier alpha value is -1.50. The second kappa shape index (κ2) is 3.70. The third-order valence-electron chi connectivity index (χ3n) is 1.42. The maximum Gasteiger partial charge on any atom is 0.296 e. The summed E-state index contributed by atoms with van der Waals surface area (Å²) in [4.78, 5) is 21.7. The fourth-order valence-corrected chi connectivity index (χ4v) is 0.977. The van der Waals surface area contributed by atoms with Crippen LogP contribution < -0.4 is 5.56 Å². The molecule has 0 aromatic carbocycles. The molecule has 8 heteroatoms. The van der Waals surface area contributed by atoms with Gasteiger partial charge in [0, 0.05) is 6.07 Å². The van der Waals surface area contributed by atoms with Crippen molar-refractivity contribution in [2.45, 2.75) is 6.43 Å². The summed E-state index contributed by atoms with van der Waals surface area (Å²) >= 11 is 5.24. The molecule has 1 heterocycles. The first kappa shape index (κ1) is 10.6. The lowest BCUT2D eigenvalue weighted by atomic mass is 10.3. The molecule has 0 fully saturated rings. The highest BCUT2D eigenvalue weighted by molar-refractivity contribution is 6.30. The summed E-state index contributed by atoms with van der Waals surface area (Å²) in [5.74, 6) is 0. The Balaban J connectivity index is 3.47. The number of hydrogen-bond donors (Lipinski definition) is 1. The van der Waals surface area contributed by atoms with Gasteiger partial charge in [0.1, 0.15) is 5.02 Å². The molecule has 1 aromatic heterocycles. The van der Waals surface area contributed by atoms with E-state index in [1.807, 2.05) is 0 Å². The van der Waals surface area contributed by atoms with E-state index in [2.05, 4.69) is 0 Å². The second-order valence-corrected chi connectivity index (χ2v) is 2.71. The van der Waals surface area contributed by atoms with E-state index in [0.29, 0.717) is 6.07 Å². The molecule has 0 radical (unpaired) electrons. The summed E-state index contributed by atoms with van der Waals surface area (Å²) in [5, 5.41) is 9.78. The Morgan fingerprint density at radius 2 is 2.14 bits per heavy atom. The molecule has 1 rings (SSSR count). The number of nitrogens with one attached hydrogen (secondary N) is 1. The smallest absolute Gasteiger partial charge is 0.296 e. The fourth-order valence-electron chi connectivity index (χ4n) is 0.827. The summed E-state index contributed by atoms with van der Waals surface area (Å²) in [6.45, 7) is 0. The van der Waals surface area contributed by atoms with Crippen LogP contribution in [0.4, 0.5) is 14.5 Å². The van der Waals surface area contributed by atoms with Crippen LogP contribution in [0.3, 0.4) is 0 Å². The molecular weight excluding hydrogens is 222 g/mol. The number of halogens is 3. The van der Waals surface area contributed by atoms with Gasteiger partial charge in [0.25, 0.3) is 17.7 Å². The van der Waals surface area contributed by atoms with Crippen molar-refractivity contribution >= 4 is 17.3 Å².